The van der Waals surface area contributed by atoms with Gasteiger partial charge in [0, 0.05) is 24.1 Å². The molecule has 140 valence electrons. The molecule has 27 heavy (non-hydrogen) atoms. The number of aromatic nitrogens is 3. The van der Waals surface area contributed by atoms with Crippen LogP contribution in [-0.2, 0) is 21.7 Å². The number of hydrogen-bond donors (Lipinski definition) is 2. The fourth-order valence-corrected chi connectivity index (χ4v) is 3.45. The number of piperidine rings is 1. The Morgan fingerprint density at radius 1 is 1.26 bits per heavy atom. The van der Waals surface area contributed by atoms with Crippen LogP contribution in [0.4, 0.5) is 0 Å². The minimum Gasteiger partial charge on any atom is -0.384 e. The van der Waals surface area contributed by atoms with Crippen LogP contribution in [-0.4, -0.2) is 48.8 Å². The highest BCUT2D eigenvalue weighted by molar-refractivity contribution is 6.05. The number of benzene rings is 1. The van der Waals surface area contributed by atoms with Gasteiger partial charge in [0.05, 0.1) is 11.9 Å². The van der Waals surface area contributed by atoms with Crippen molar-refractivity contribution >= 4 is 17.7 Å². The number of carbonyl (C=O) groups excluding carboxylic acids is 3. The number of rotatable bonds is 3. The summed E-state index contributed by atoms with van der Waals surface area (Å²) in [6.45, 7) is 3.48. The van der Waals surface area contributed by atoms with Gasteiger partial charge in [-0.25, -0.2) is 4.68 Å². The molecule has 1 aromatic heterocycles. The summed E-state index contributed by atoms with van der Waals surface area (Å²) < 4.78 is 1.52. The normalized spacial score (nSPS) is 20.0. The largest absolute Gasteiger partial charge is 0.384 e. The average molecular weight is 369 g/mol. The molecule has 0 radical (unpaired) electrons. The Morgan fingerprint density at radius 2 is 2.04 bits per heavy atom. The monoisotopic (exact) mass is 369 g/mol. The second kappa shape index (κ2) is 5.98. The number of aliphatic hydroxyl groups is 1. The molecular formula is C18H19N5O4. The minimum atomic E-state index is -1.13. The van der Waals surface area contributed by atoms with E-state index >= 15 is 0 Å². The summed E-state index contributed by atoms with van der Waals surface area (Å²) >= 11 is 0. The van der Waals surface area contributed by atoms with Gasteiger partial charge in [-0.1, -0.05) is 11.3 Å². The van der Waals surface area contributed by atoms with Gasteiger partial charge < -0.3 is 10.0 Å². The first-order valence-corrected chi connectivity index (χ1v) is 8.68. The maximum Gasteiger partial charge on any atom is 0.255 e. The number of nitrogens with zero attached hydrogens (tertiary/aromatic N) is 4. The van der Waals surface area contributed by atoms with E-state index in [1.165, 1.54) is 9.58 Å². The Morgan fingerprint density at radius 3 is 2.70 bits per heavy atom. The molecule has 2 N–H and O–H groups in total. The minimum absolute atomic E-state index is 0.210. The molecule has 1 atom stereocenters. The molecule has 2 aliphatic heterocycles. The summed E-state index contributed by atoms with van der Waals surface area (Å²) in [5.41, 5.74) is 1.17. The smallest absolute Gasteiger partial charge is 0.255 e. The predicted octanol–water partition coefficient (Wildman–Crippen LogP) is 0.256. The van der Waals surface area contributed by atoms with Crippen LogP contribution in [0.5, 0.6) is 0 Å². The molecule has 0 spiro atoms. The first-order chi connectivity index (χ1) is 12.8. The van der Waals surface area contributed by atoms with Crippen molar-refractivity contribution < 1.29 is 19.5 Å². The summed E-state index contributed by atoms with van der Waals surface area (Å²) in [5.74, 6) is -1.01. The van der Waals surface area contributed by atoms with Crippen molar-refractivity contribution in [3.63, 3.8) is 0 Å². The van der Waals surface area contributed by atoms with Gasteiger partial charge in [-0.3, -0.25) is 19.7 Å². The lowest BCUT2D eigenvalue weighted by molar-refractivity contribution is -0.136. The molecule has 3 heterocycles. The zero-order chi connectivity index (χ0) is 19.3. The van der Waals surface area contributed by atoms with Crippen molar-refractivity contribution in [1.29, 1.82) is 0 Å². The maximum absolute atomic E-state index is 12.8. The second-order valence-corrected chi connectivity index (χ2v) is 7.31. The number of carbonyl (C=O) groups is 3. The van der Waals surface area contributed by atoms with E-state index in [2.05, 4.69) is 15.6 Å². The van der Waals surface area contributed by atoms with Crippen molar-refractivity contribution in [2.45, 2.75) is 44.9 Å². The first kappa shape index (κ1) is 17.3. The van der Waals surface area contributed by atoms with Crippen LogP contribution in [0.2, 0.25) is 0 Å². The van der Waals surface area contributed by atoms with E-state index in [-0.39, 0.29) is 24.8 Å². The van der Waals surface area contributed by atoms with Crippen LogP contribution in [0, 0.1) is 0 Å². The maximum atomic E-state index is 12.8. The van der Waals surface area contributed by atoms with E-state index in [0.717, 1.165) is 5.56 Å². The SMILES string of the molecule is CC(C)(O)c1cn(-c2cccc3c2CN(C2CCC(=O)NC2=O)C3=O)nn1. The van der Waals surface area contributed by atoms with Crippen LogP contribution < -0.4 is 5.32 Å². The number of amides is 3. The predicted molar refractivity (Wildman–Crippen MR) is 92.6 cm³/mol. The highest BCUT2D eigenvalue weighted by Gasteiger charge is 2.40. The molecule has 0 bridgehead atoms. The van der Waals surface area contributed by atoms with Gasteiger partial charge in [0.2, 0.25) is 11.8 Å². The first-order valence-electron chi connectivity index (χ1n) is 8.68. The van der Waals surface area contributed by atoms with E-state index in [1.807, 2.05) is 6.07 Å². The Hall–Kier alpha value is -3.07. The van der Waals surface area contributed by atoms with E-state index in [9.17, 15) is 19.5 Å². The zero-order valence-corrected chi connectivity index (χ0v) is 15.0. The van der Waals surface area contributed by atoms with Crippen LogP contribution in [0.15, 0.2) is 24.4 Å². The lowest BCUT2D eigenvalue weighted by Gasteiger charge is -2.29. The van der Waals surface area contributed by atoms with Gasteiger partial charge >= 0.3 is 0 Å². The van der Waals surface area contributed by atoms with Crippen molar-refractivity contribution in [1.82, 2.24) is 25.2 Å². The Labute approximate surface area is 155 Å². The summed E-state index contributed by atoms with van der Waals surface area (Å²) in [4.78, 5) is 37.9. The number of hydrogen-bond acceptors (Lipinski definition) is 6. The molecule has 0 saturated carbocycles. The summed E-state index contributed by atoms with van der Waals surface area (Å²) in [5, 5.41) is 20.5. The molecule has 9 heteroatoms. The molecule has 3 amide bonds. The Bertz CT molecular complexity index is 959. The van der Waals surface area contributed by atoms with Crippen LogP contribution >= 0.6 is 0 Å². The van der Waals surface area contributed by atoms with Crippen molar-refractivity contribution in [2.24, 2.45) is 0 Å². The lowest BCUT2D eigenvalue weighted by atomic mass is 10.0. The Balaban J connectivity index is 1.68. The molecule has 2 aliphatic rings. The van der Waals surface area contributed by atoms with Gasteiger partial charge in [0.25, 0.3) is 5.91 Å². The van der Waals surface area contributed by atoms with Crippen LogP contribution in [0.3, 0.4) is 0 Å². The number of nitrogens with one attached hydrogen (secondary N) is 1. The lowest BCUT2D eigenvalue weighted by Crippen LogP contribution is -2.52. The van der Waals surface area contributed by atoms with Gasteiger partial charge in [-0.05, 0) is 32.4 Å². The molecule has 0 aliphatic carbocycles. The van der Waals surface area contributed by atoms with Crippen LogP contribution in [0.25, 0.3) is 5.69 Å². The summed E-state index contributed by atoms with van der Waals surface area (Å²) in [6.07, 6.45) is 2.14. The summed E-state index contributed by atoms with van der Waals surface area (Å²) in [7, 11) is 0. The fraction of sp³-hybridized carbons (Fsp3) is 0.389. The summed E-state index contributed by atoms with van der Waals surface area (Å²) in [6, 6.07) is 4.59. The molecule has 1 unspecified atom stereocenters. The quantitative estimate of drug-likeness (QED) is 0.749. The van der Waals surface area contributed by atoms with Crippen LogP contribution in [0.1, 0.15) is 48.3 Å². The number of fused-ring (bicyclic) bond motifs is 1. The van der Waals surface area contributed by atoms with Crippen molar-refractivity contribution in [2.75, 3.05) is 0 Å². The number of imide groups is 1. The van der Waals surface area contributed by atoms with E-state index in [1.54, 1.807) is 32.2 Å². The van der Waals surface area contributed by atoms with Crippen molar-refractivity contribution in [3.05, 3.63) is 41.2 Å². The highest BCUT2D eigenvalue weighted by Crippen LogP contribution is 2.31. The molecule has 1 saturated heterocycles. The van der Waals surface area contributed by atoms with E-state index in [0.29, 0.717) is 23.4 Å². The second-order valence-electron chi connectivity index (χ2n) is 7.31. The van der Waals surface area contributed by atoms with Gasteiger partial charge in [-0.2, -0.15) is 0 Å². The molecule has 1 aromatic carbocycles. The molecule has 9 nitrogen and oxygen atoms in total. The third-order valence-corrected chi connectivity index (χ3v) is 4.92. The van der Waals surface area contributed by atoms with Gasteiger partial charge in [0.15, 0.2) is 0 Å². The van der Waals surface area contributed by atoms with Gasteiger partial charge in [-0.15, -0.1) is 5.10 Å². The highest BCUT2D eigenvalue weighted by atomic mass is 16.3. The van der Waals surface area contributed by atoms with E-state index in [4.69, 9.17) is 0 Å². The standard InChI is InChI=1S/C18H19N5O4/c1-18(2,27)14-9-23(21-20-14)12-5-3-4-10-11(12)8-22(17(10)26)13-6-7-15(24)19-16(13)25/h3-5,9,13,27H,6-8H2,1-2H3,(H,19,24,25). The topological polar surface area (TPSA) is 117 Å². The Kier molecular flexibility index (Phi) is 3.84. The van der Waals surface area contributed by atoms with E-state index < -0.39 is 17.6 Å². The molecule has 4 rings (SSSR count). The van der Waals surface area contributed by atoms with Crippen molar-refractivity contribution in [3.8, 4) is 5.69 Å². The molecular weight excluding hydrogens is 350 g/mol. The molecule has 1 fully saturated rings. The fourth-order valence-electron chi connectivity index (χ4n) is 3.45. The van der Waals surface area contributed by atoms with Gasteiger partial charge in [0.1, 0.15) is 17.3 Å². The third kappa shape index (κ3) is 2.89. The zero-order valence-electron chi connectivity index (χ0n) is 15.0. The third-order valence-electron chi connectivity index (χ3n) is 4.92. The average Bonchev–Trinajstić information content (AvgIpc) is 3.21. The molecule has 2 aromatic rings.